The van der Waals surface area contributed by atoms with Crippen molar-refractivity contribution in [3.05, 3.63) is 82.4 Å². The topological polar surface area (TPSA) is 9.23 Å². The van der Waals surface area contributed by atoms with Crippen molar-refractivity contribution < 1.29 is 4.74 Å². The number of aryl methyl sites for hydroxylation is 1. The quantitative estimate of drug-likeness (QED) is 0.483. The zero-order chi connectivity index (χ0) is 18.7. The maximum Gasteiger partial charge on any atom is 0.124 e. The normalized spacial score (nSPS) is 17.7. The first-order valence-electron chi connectivity index (χ1n) is 9.40. The Labute approximate surface area is 162 Å². The first kappa shape index (κ1) is 18.8. The maximum atomic E-state index is 6.26. The Balaban J connectivity index is 1.77. The highest BCUT2D eigenvalue weighted by Gasteiger charge is 2.24. The van der Waals surface area contributed by atoms with E-state index in [1.807, 2.05) is 13.0 Å². The zero-order valence-corrected chi connectivity index (χ0v) is 16.6. The Morgan fingerprint density at radius 1 is 1.27 bits per heavy atom. The van der Waals surface area contributed by atoms with Crippen molar-refractivity contribution in [1.82, 2.24) is 0 Å². The third-order valence-corrected chi connectivity index (χ3v) is 5.37. The van der Waals surface area contributed by atoms with E-state index in [0.29, 0.717) is 5.92 Å². The van der Waals surface area contributed by atoms with Crippen LogP contribution in [0.3, 0.4) is 0 Å². The van der Waals surface area contributed by atoms with Crippen LogP contribution >= 0.6 is 11.6 Å². The Hall–Kier alpha value is -1.99. The second kappa shape index (κ2) is 8.14. The predicted molar refractivity (Wildman–Crippen MR) is 112 cm³/mol. The summed E-state index contributed by atoms with van der Waals surface area (Å²) in [6.07, 6.45) is 5.45. The molecule has 2 heteroatoms. The summed E-state index contributed by atoms with van der Waals surface area (Å²) in [7, 11) is 0. The molecule has 0 saturated heterocycles. The van der Waals surface area contributed by atoms with Gasteiger partial charge in [0.1, 0.15) is 11.9 Å². The molecule has 0 aliphatic heterocycles. The molecule has 0 aromatic heterocycles. The van der Waals surface area contributed by atoms with Crippen molar-refractivity contribution in [3.8, 4) is 5.75 Å². The van der Waals surface area contributed by atoms with E-state index in [9.17, 15) is 0 Å². The molecule has 0 N–H and O–H groups in total. The number of hydrogen-bond acceptors (Lipinski definition) is 1. The third kappa shape index (κ3) is 4.22. The first-order chi connectivity index (χ1) is 12.5. The van der Waals surface area contributed by atoms with Gasteiger partial charge in [0.2, 0.25) is 0 Å². The summed E-state index contributed by atoms with van der Waals surface area (Å²) in [6.45, 7) is 10.6. The van der Waals surface area contributed by atoms with Crippen LogP contribution in [0, 0.1) is 5.92 Å². The smallest absolute Gasteiger partial charge is 0.124 e. The average Bonchev–Trinajstić information content (AvgIpc) is 3.01. The minimum Gasteiger partial charge on any atom is -0.486 e. The number of ether oxygens (including phenoxy) is 1. The monoisotopic (exact) mass is 366 g/mol. The lowest BCUT2D eigenvalue weighted by Crippen LogP contribution is -2.04. The standard InChI is InChI=1S/C24H27ClO/c1-5-17(4)23(14-16(2)3)18-6-10-21(11-7-18)26-24-13-8-19-15-20(25)9-12-22(19)24/h6-7,9-12,14-15,17,24H,2,5,8,13H2,1,3-4H3/b23-14+. The fourth-order valence-electron chi connectivity index (χ4n) is 3.56. The van der Waals surface area contributed by atoms with Crippen molar-refractivity contribution in [2.45, 2.75) is 46.1 Å². The molecule has 1 aliphatic rings. The van der Waals surface area contributed by atoms with Crippen LogP contribution in [-0.2, 0) is 6.42 Å². The van der Waals surface area contributed by atoms with E-state index in [0.717, 1.165) is 35.6 Å². The van der Waals surface area contributed by atoms with E-state index in [-0.39, 0.29) is 6.10 Å². The van der Waals surface area contributed by atoms with E-state index in [1.165, 1.54) is 22.3 Å². The van der Waals surface area contributed by atoms with Gasteiger partial charge in [0.25, 0.3) is 0 Å². The summed E-state index contributed by atoms with van der Waals surface area (Å²) >= 11 is 6.10. The van der Waals surface area contributed by atoms with E-state index in [2.05, 4.69) is 62.9 Å². The second-order valence-electron chi connectivity index (χ2n) is 7.27. The minimum absolute atomic E-state index is 0.119. The van der Waals surface area contributed by atoms with E-state index in [4.69, 9.17) is 16.3 Å². The van der Waals surface area contributed by atoms with Gasteiger partial charge in [-0.25, -0.2) is 0 Å². The van der Waals surface area contributed by atoms with E-state index in [1.54, 1.807) is 0 Å². The summed E-state index contributed by atoms with van der Waals surface area (Å²) in [5.41, 5.74) is 6.24. The van der Waals surface area contributed by atoms with Gasteiger partial charge in [-0.05, 0) is 78.6 Å². The molecule has 2 unspecified atom stereocenters. The highest BCUT2D eigenvalue weighted by Crippen LogP contribution is 2.37. The van der Waals surface area contributed by atoms with Gasteiger partial charge in [-0.2, -0.15) is 0 Å². The molecule has 2 atom stereocenters. The van der Waals surface area contributed by atoms with Crippen LogP contribution in [0.4, 0.5) is 0 Å². The molecule has 0 saturated carbocycles. The van der Waals surface area contributed by atoms with Gasteiger partial charge in [-0.15, -0.1) is 0 Å². The van der Waals surface area contributed by atoms with Gasteiger partial charge < -0.3 is 4.74 Å². The van der Waals surface area contributed by atoms with E-state index < -0.39 is 0 Å². The van der Waals surface area contributed by atoms with Crippen molar-refractivity contribution in [1.29, 1.82) is 0 Å². The van der Waals surface area contributed by atoms with Crippen LogP contribution in [0.15, 0.2) is 60.7 Å². The lowest BCUT2D eigenvalue weighted by Gasteiger charge is -2.18. The molecule has 0 bridgehead atoms. The Morgan fingerprint density at radius 3 is 2.65 bits per heavy atom. The van der Waals surface area contributed by atoms with Crippen LogP contribution in [0.1, 0.15) is 56.4 Å². The summed E-state index contributed by atoms with van der Waals surface area (Å²) in [5, 5.41) is 0.802. The Morgan fingerprint density at radius 2 is 2.00 bits per heavy atom. The van der Waals surface area contributed by atoms with Gasteiger partial charge in [-0.3, -0.25) is 0 Å². The summed E-state index contributed by atoms with van der Waals surface area (Å²) in [6, 6.07) is 14.6. The highest BCUT2D eigenvalue weighted by molar-refractivity contribution is 6.30. The van der Waals surface area contributed by atoms with Crippen LogP contribution in [0.25, 0.3) is 5.57 Å². The number of rotatable bonds is 6. The maximum absolute atomic E-state index is 6.26. The predicted octanol–water partition coefficient (Wildman–Crippen LogP) is 7.41. The first-order valence-corrected chi connectivity index (χ1v) is 9.78. The SMILES string of the molecule is C=C(C)/C=C(/c1ccc(OC2CCc3cc(Cl)ccc32)cc1)C(C)CC. The second-order valence-corrected chi connectivity index (χ2v) is 7.70. The van der Waals surface area contributed by atoms with Crippen LogP contribution in [-0.4, -0.2) is 0 Å². The number of halogens is 1. The molecule has 0 radical (unpaired) electrons. The fourth-order valence-corrected chi connectivity index (χ4v) is 3.75. The number of fused-ring (bicyclic) bond motifs is 1. The lowest BCUT2D eigenvalue weighted by atomic mass is 9.90. The molecule has 0 fully saturated rings. The van der Waals surface area contributed by atoms with E-state index >= 15 is 0 Å². The molecule has 2 aromatic carbocycles. The minimum atomic E-state index is 0.119. The molecule has 0 heterocycles. The van der Waals surface area contributed by atoms with Crippen molar-refractivity contribution in [3.63, 3.8) is 0 Å². The highest BCUT2D eigenvalue weighted by atomic mass is 35.5. The molecule has 1 aliphatic carbocycles. The van der Waals surface area contributed by atoms with Crippen molar-refractivity contribution in [2.75, 3.05) is 0 Å². The van der Waals surface area contributed by atoms with Crippen LogP contribution in [0.5, 0.6) is 5.75 Å². The van der Waals surface area contributed by atoms with Crippen LogP contribution in [0.2, 0.25) is 5.02 Å². The Kier molecular flexibility index (Phi) is 5.88. The molecule has 2 aromatic rings. The number of hydrogen-bond donors (Lipinski definition) is 0. The third-order valence-electron chi connectivity index (χ3n) is 5.14. The molecular weight excluding hydrogens is 340 g/mol. The van der Waals surface area contributed by atoms with Crippen LogP contribution < -0.4 is 4.74 Å². The summed E-state index contributed by atoms with van der Waals surface area (Å²) < 4.78 is 6.26. The summed E-state index contributed by atoms with van der Waals surface area (Å²) in [5.74, 6) is 1.42. The molecule has 1 nitrogen and oxygen atoms in total. The van der Waals surface area contributed by atoms with Gasteiger partial charge in [0.05, 0.1) is 0 Å². The molecular formula is C24H27ClO. The molecule has 3 rings (SSSR count). The fraction of sp³-hybridized carbons (Fsp3) is 0.333. The lowest BCUT2D eigenvalue weighted by molar-refractivity contribution is 0.207. The van der Waals surface area contributed by atoms with Gasteiger partial charge in [0.15, 0.2) is 0 Å². The largest absolute Gasteiger partial charge is 0.486 e. The molecule has 136 valence electrons. The van der Waals surface area contributed by atoms with Crippen molar-refractivity contribution >= 4 is 17.2 Å². The molecule has 26 heavy (non-hydrogen) atoms. The number of benzene rings is 2. The zero-order valence-electron chi connectivity index (χ0n) is 15.9. The Bertz CT molecular complexity index is 817. The van der Waals surface area contributed by atoms with Gasteiger partial charge in [0, 0.05) is 5.02 Å². The van der Waals surface area contributed by atoms with Gasteiger partial charge >= 0.3 is 0 Å². The molecule has 0 amide bonds. The van der Waals surface area contributed by atoms with Gasteiger partial charge in [-0.1, -0.05) is 61.9 Å². The van der Waals surface area contributed by atoms with Crippen molar-refractivity contribution in [2.24, 2.45) is 5.92 Å². The average molecular weight is 367 g/mol. The number of allylic oxidation sites excluding steroid dienone is 3. The molecule has 0 spiro atoms. The summed E-state index contributed by atoms with van der Waals surface area (Å²) in [4.78, 5) is 0.